The largest absolute Gasteiger partial charge is 0.477 e. The molecule has 2 aromatic heterocycles. The van der Waals surface area contributed by atoms with Crippen LogP contribution in [0.15, 0.2) is 30.6 Å². The lowest BCUT2D eigenvalue weighted by Crippen LogP contribution is -2.35. The predicted molar refractivity (Wildman–Crippen MR) is 94.7 cm³/mol. The van der Waals surface area contributed by atoms with Gasteiger partial charge in [-0.15, -0.1) is 0 Å². The van der Waals surface area contributed by atoms with E-state index in [2.05, 4.69) is 9.97 Å². The second kappa shape index (κ2) is 7.61. The fourth-order valence-electron chi connectivity index (χ4n) is 2.83. The maximum absolute atomic E-state index is 13.5. The highest BCUT2D eigenvalue weighted by Crippen LogP contribution is 2.37. The maximum Gasteiger partial charge on any atom is 0.421 e. The van der Waals surface area contributed by atoms with Gasteiger partial charge in [0.15, 0.2) is 0 Å². The van der Waals surface area contributed by atoms with Crippen LogP contribution in [0.5, 0.6) is 5.88 Å². The Kier molecular flexibility index (Phi) is 5.91. The molecule has 2 N–H and O–H groups in total. The van der Waals surface area contributed by atoms with Crippen LogP contribution in [0.2, 0.25) is 0 Å². The number of nitrogens with two attached hydrogens (primary N) is 1. The summed E-state index contributed by atoms with van der Waals surface area (Å²) in [5.41, 5.74) is 6.36. The Hall–Kier alpha value is -2.15. The van der Waals surface area contributed by atoms with Gasteiger partial charge >= 0.3 is 6.18 Å². The molecule has 0 unspecified atom stereocenters. The Morgan fingerprint density at radius 3 is 2.42 bits per heavy atom. The van der Waals surface area contributed by atoms with Crippen LogP contribution in [0.3, 0.4) is 0 Å². The summed E-state index contributed by atoms with van der Waals surface area (Å²) < 4.78 is 45.8. The van der Waals surface area contributed by atoms with E-state index in [0.29, 0.717) is 17.5 Å². The van der Waals surface area contributed by atoms with E-state index in [1.54, 1.807) is 25.3 Å². The fourth-order valence-corrected chi connectivity index (χ4v) is 2.83. The van der Waals surface area contributed by atoms with Crippen LogP contribution in [0.4, 0.5) is 13.2 Å². The van der Waals surface area contributed by atoms with Crippen molar-refractivity contribution in [3.8, 4) is 17.0 Å². The summed E-state index contributed by atoms with van der Waals surface area (Å²) in [5, 5.41) is 0. The first kappa shape index (κ1) is 20.2. The number of aryl methyl sites for hydroxylation is 1. The van der Waals surface area contributed by atoms with Gasteiger partial charge in [0.05, 0.1) is 6.61 Å². The molecule has 142 valence electrons. The summed E-state index contributed by atoms with van der Waals surface area (Å²) in [7, 11) is 0. The van der Waals surface area contributed by atoms with E-state index in [-0.39, 0.29) is 12.5 Å². The molecule has 26 heavy (non-hydrogen) atoms. The highest BCUT2D eigenvalue weighted by molar-refractivity contribution is 5.64. The molecule has 0 spiro atoms. The lowest BCUT2D eigenvalue weighted by atomic mass is 9.93. The minimum atomic E-state index is -4.56. The Bertz CT molecular complexity index is 754. The van der Waals surface area contributed by atoms with Gasteiger partial charge in [0, 0.05) is 29.2 Å². The molecule has 2 rings (SSSR count). The van der Waals surface area contributed by atoms with Crippen molar-refractivity contribution >= 4 is 0 Å². The maximum atomic E-state index is 13.5. The molecular formula is C19H24F3N3O. The van der Waals surface area contributed by atoms with Crippen molar-refractivity contribution in [3.63, 3.8) is 0 Å². The molecule has 0 saturated heterocycles. The van der Waals surface area contributed by atoms with Crippen molar-refractivity contribution in [2.24, 2.45) is 11.7 Å². The van der Waals surface area contributed by atoms with Crippen LogP contribution in [0, 0.1) is 12.8 Å². The lowest BCUT2D eigenvalue weighted by molar-refractivity contribution is -0.139. The molecule has 0 fully saturated rings. The van der Waals surface area contributed by atoms with Crippen molar-refractivity contribution in [1.29, 1.82) is 0 Å². The molecule has 0 aliphatic heterocycles. The van der Waals surface area contributed by atoms with Gasteiger partial charge < -0.3 is 10.5 Å². The zero-order valence-electron chi connectivity index (χ0n) is 15.4. The molecule has 0 bridgehead atoms. The van der Waals surface area contributed by atoms with E-state index < -0.39 is 23.2 Å². The summed E-state index contributed by atoms with van der Waals surface area (Å²) in [6.45, 7) is 7.52. The Balaban J connectivity index is 2.27. The number of hydrogen-bond acceptors (Lipinski definition) is 4. The molecule has 2 heterocycles. The second-order valence-corrected chi connectivity index (χ2v) is 7.37. The molecular weight excluding hydrogens is 343 g/mol. The lowest BCUT2D eigenvalue weighted by Gasteiger charge is -2.23. The monoisotopic (exact) mass is 367 g/mol. The van der Waals surface area contributed by atoms with Crippen molar-refractivity contribution < 1.29 is 17.9 Å². The fraction of sp³-hybridized carbons (Fsp3) is 0.474. The molecule has 0 radical (unpaired) electrons. The van der Waals surface area contributed by atoms with Gasteiger partial charge in [0.25, 0.3) is 0 Å². The first-order chi connectivity index (χ1) is 12.0. The van der Waals surface area contributed by atoms with E-state index in [1.807, 2.05) is 20.8 Å². The molecule has 4 nitrogen and oxygen atoms in total. The number of hydrogen-bond donors (Lipinski definition) is 1. The summed E-state index contributed by atoms with van der Waals surface area (Å²) >= 11 is 0. The van der Waals surface area contributed by atoms with Crippen LogP contribution >= 0.6 is 0 Å². The number of halogens is 3. The van der Waals surface area contributed by atoms with Crippen LogP contribution < -0.4 is 10.5 Å². The van der Waals surface area contributed by atoms with E-state index in [1.165, 1.54) is 6.20 Å². The minimum Gasteiger partial charge on any atom is -0.477 e. The van der Waals surface area contributed by atoms with Gasteiger partial charge in [0.1, 0.15) is 5.56 Å². The average Bonchev–Trinajstić information content (AvgIpc) is 2.50. The molecule has 7 heteroatoms. The number of pyridine rings is 2. The summed E-state index contributed by atoms with van der Waals surface area (Å²) in [6.07, 6.45) is -0.991. The van der Waals surface area contributed by atoms with Crippen molar-refractivity contribution in [2.45, 2.75) is 45.8 Å². The Labute approximate surface area is 151 Å². The third-order valence-electron chi connectivity index (χ3n) is 3.77. The minimum absolute atomic E-state index is 0.000377. The van der Waals surface area contributed by atoms with E-state index in [4.69, 9.17) is 10.5 Å². The molecule has 0 amide bonds. The number of rotatable bonds is 6. The van der Waals surface area contributed by atoms with E-state index in [0.717, 1.165) is 11.8 Å². The third kappa shape index (κ3) is 5.69. The molecule has 1 atom stereocenters. The SMILES string of the molecule is Cc1cc(-c2cnc(OC[C@@H](C)CC(C)(C)N)c(C(F)(F)F)c2)ccn1. The smallest absolute Gasteiger partial charge is 0.421 e. The second-order valence-electron chi connectivity index (χ2n) is 7.37. The normalized spacial score (nSPS) is 13.5. The van der Waals surface area contributed by atoms with Crippen LogP contribution in [-0.4, -0.2) is 22.1 Å². The van der Waals surface area contributed by atoms with Gasteiger partial charge in [-0.2, -0.15) is 13.2 Å². The number of alkyl halides is 3. The zero-order chi connectivity index (χ0) is 19.5. The average molecular weight is 367 g/mol. The first-order valence-electron chi connectivity index (χ1n) is 8.37. The van der Waals surface area contributed by atoms with Gasteiger partial charge in [0.2, 0.25) is 5.88 Å². The van der Waals surface area contributed by atoms with Crippen molar-refractivity contribution in [2.75, 3.05) is 6.61 Å². The van der Waals surface area contributed by atoms with E-state index >= 15 is 0 Å². The zero-order valence-corrected chi connectivity index (χ0v) is 15.4. The van der Waals surface area contributed by atoms with Gasteiger partial charge in [-0.3, -0.25) is 4.98 Å². The summed E-state index contributed by atoms with van der Waals surface area (Å²) in [6, 6.07) is 4.42. The molecule has 2 aromatic rings. The highest BCUT2D eigenvalue weighted by Gasteiger charge is 2.36. The van der Waals surface area contributed by atoms with Crippen LogP contribution in [-0.2, 0) is 6.18 Å². The quantitative estimate of drug-likeness (QED) is 0.810. The van der Waals surface area contributed by atoms with E-state index in [9.17, 15) is 13.2 Å². The summed E-state index contributed by atoms with van der Waals surface area (Å²) in [5.74, 6) is -0.408. The standard InChI is InChI=1S/C19H24F3N3O/c1-12(9-18(3,4)23)11-26-17-16(19(20,21)22)8-15(10-25-17)14-5-6-24-13(2)7-14/h5-8,10,12H,9,11,23H2,1-4H3/t12-/m0/s1. The van der Waals surface area contributed by atoms with Crippen molar-refractivity contribution in [3.05, 3.63) is 41.9 Å². The van der Waals surface area contributed by atoms with Gasteiger partial charge in [-0.05, 0) is 56.9 Å². The third-order valence-corrected chi connectivity index (χ3v) is 3.77. The van der Waals surface area contributed by atoms with Gasteiger partial charge in [-0.25, -0.2) is 4.98 Å². The predicted octanol–water partition coefficient (Wildman–Crippen LogP) is 4.61. The molecule has 0 aromatic carbocycles. The highest BCUT2D eigenvalue weighted by atomic mass is 19.4. The molecule has 0 aliphatic carbocycles. The van der Waals surface area contributed by atoms with Crippen LogP contribution in [0.25, 0.3) is 11.1 Å². The van der Waals surface area contributed by atoms with Crippen LogP contribution in [0.1, 0.15) is 38.4 Å². The first-order valence-corrected chi connectivity index (χ1v) is 8.37. The number of nitrogens with zero attached hydrogens (tertiary/aromatic N) is 2. The molecule has 0 saturated carbocycles. The topological polar surface area (TPSA) is 61.0 Å². The number of ether oxygens (including phenoxy) is 1. The molecule has 0 aliphatic rings. The Morgan fingerprint density at radius 1 is 1.15 bits per heavy atom. The van der Waals surface area contributed by atoms with Gasteiger partial charge in [-0.1, -0.05) is 6.92 Å². The number of aromatic nitrogens is 2. The summed E-state index contributed by atoms with van der Waals surface area (Å²) in [4.78, 5) is 7.98. The van der Waals surface area contributed by atoms with Crippen molar-refractivity contribution in [1.82, 2.24) is 9.97 Å². The Morgan fingerprint density at radius 2 is 1.85 bits per heavy atom.